The molecule has 1 fully saturated rings. The smallest absolute Gasteiger partial charge is 0.356 e. The Morgan fingerprint density at radius 2 is 2.29 bits per heavy atom. The molecule has 0 aromatic carbocycles. The third-order valence-corrected chi connectivity index (χ3v) is 3.02. The van der Waals surface area contributed by atoms with Gasteiger partial charge < -0.3 is 9.84 Å². The van der Waals surface area contributed by atoms with Crippen molar-refractivity contribution in [2.24, 2.45) is 0 Å². The van der Waals surface area contributed by atoms with Gasteiger partial charge in [0, 0.05) is 19.1 Å². The van der Waals surface area contributed by atoms with Crippen molar-refractivity contribution in [3.63, 3.8) is 0 Å². The molecule has 3 heterocycles. The van der Waals surface area contributed by atoms with Crippen molar-refractivity contribution >= 4 is 11.7 Å². The molecule has 0 unspecified atom stereocenters. The summed E-state index contributed by atoms with van der Waals surface area (Å²) in [6.07, 6.45) is 3.10. The second-order valence-electron chi connectivity index (χ2n) is 4.08. The Balaban J connectivity index is 1.98. The van der Waals surface area contributed by atoms with Crippen LogP contribution in [0.4, 0.5) is 0 Å². The number of carbonyl (C=O) groups is 1. The number of aromatic nitrogens is 4. The average Bonchev–Trinajstić information content (AvgIpc) is 2.88. The monoisotopic (exact) mass is 236 g/mol. The molecule has 0 amide bonds. The third-order valence-electron chi connectivity index (χ3n) is 3.02. The summed E-state index contributed by atoms with van der Waals surface area (Å²) in [7, 11) is 0. The number of fused-ring (bicyclic) bond motifs is 1. The maximum Gasteiger partial charge on any atom is 0.356 e. The van der Waals surface area contributed by atoms with Gasteiger partial charge in [-0.25, -0.2) is 14.3 Å². The number of rotatable bonds is 2. The number of H-pyrrole nitrogens is 1. The molecule has 2 aromatic heterocycles. The summed E-state index contributed by atoms with van der Waals surface area (Å²) in [5.41, 5.74) is 0.103. The van der Waals surface area contributed by atoms with Crippen LogP contribution in [0.1, 0.15) is 35.1 Å². The molecule has 0 aliphatic carbocycles. The number of carboxylic acids is 1. The largest absolute Gasteiger partial charge is 0.476 e. The molecular formula is C10H12N4O3. The predicted molar refractivity (Wildman–Crippen MR) is 57.1 cm³/mol. The predicted octanol–water partition coefficient (Wildman–Crippen LogP) is 0.650. The molecule has 0 radical (unpaired) electrons. The summed E-state index contributed by atoms with van der Waals surface area (Å²) in [5.74, 6) is 0.481. The van der Waals surface area contributed by atoms with E-state index in [2.05, 4.69) is 15.1 Å². The van der Waals surface area contributed by atoms with Crippen LogP contribution in [0.25, 0.3) is 5.78 Å². The number of aromatic amines is 1. The molecule has 3 rings (SSSR count). The van der Waals surface area contributed by atoms with Crippen LogP contribution in [0, 0.1) is 0 Å². The summed E-state index contributed by atoms with van der Waals surface area (Å²) in [6, 6.07) is 0. The number of nitrogens with zero attached hydrogens (tertiary/aromatic N) is 3. The first-order valence-electron chi connectivity index (χ1n) is 5.50. The molecule has 2 aromatic rings. The summed E-state index contributed by atoms with van der Waals surface area (Å²) >= 11 is 0. The molecule has 0 bridgehead atoms. The number of hydrogen-bond donors (Lipinski definition) is 2. The van der Waals surface area contributed by atoms with Crippen molar-refractivity contribution in [2.45, 2.75) is 18.8 Å². The van der Waals surface area contributed by atoms with Gasteiger partial charge in [-0.2, -0.15) is 4.98 Å². The molecule has 1 saturated heterocycles. The Labute approximate surface area is 96.4 Å². The first kappa shape index (κ1) is 10.3. The number of imidazole rings is 1. The number of hydrogen-bond acceptors (Lipinski definition) is 4. The van der Waals surface area contributed by atoms with Crippen LogP contribution in [-0.2, 0) is 4.74 Å². The van der Waals surface area contributed by atoms with E-state index in [0.29, 0.717) is 11.7 Å². The quantitative estimate of drug-likeness (QED) is 0.798. The maximum atomic E-state index is 10.9. The lowest BCUT2D eigenvalue weighted by molar-refractivity contribution is 0.0687. The molecule has 0 atom stereocenters. The van der Waals surface area contributed by atoms with Crippen molar-refractivity contribution in [3.8, 4) is 0 Å². The van der Waals surface area contributed by atoms with E-state index in [-0.39, 0.29) is 5.69 Å². The van der Waals surface area contributed by atoms with E-state index in [9.17, 15) is 4.79 Å². The van der Waals surface area contributed by atoms with Crippen LogP contribution in [0.2, 0.25) is 0 Å². The van der Waals surface area contributed by atoms with E-state index < -0.39 is 5.97 Å². The van der Waals surface area contributed by atoms with Gasteiger partial charge in [0.15, 0.2) is 5.69 Å². The van der Waals surface area contributed by atoms with E-state index in [1.54, 1.807) is 0 Å². The SMILES string of the molecule is O=C(O)c1cnc2nc(C3CCOCC3)[nH]n12. The molecule has 90 valence electrons. The molecule has 17 heavy (non-hydrogen) atoms. The normalized spacial score (nSPS) is 17.6. The Hall–Kier alpha value is -1.89. The molecule has 7 heteroatoms. The van der Waals surface area contributed by atoms with Crippen LogP contribution >= 0.6 is 0 Å². The van der Waals surface area contributed by atoms with Gasteiger partial charge >= 0.3 is 5.97 Å². The van der Waals surface area contributed by atoms with E-state index in [4.69, 9.17) is 9.84 Å². The van der Waals surface area contributed by atoms with E-state index in [0.717, 1.165) is 31.9 Å². The first-order valence-corrected chi connectivity index (χ1v) is 5.50. The Kier molecular flexibility index (Phi) is 2.32. The molecule has 0 saturated carbocycles. The van der Waals surface area contributed by atoms with Gasteiger partial charge in [-0.15, -0.1) is 0 Å². The molecular weight excluding hydrogens is 224 g/mol. The van der Waals surface area contributed by atoms with Crippen molar-refractivity contribution in [1.29, 1.82) is 0 Å². The van der Waals surface area contributed by atoms with Gasteiger partial charge in [0.25, 0.3) is 5.78 Å². The minimum absolute atomic E-state index is 0.103. The summed E-state index contributed by atoms with van der Waals surface area (Å²) in [5, 5.41) is 12.0. The number of ether oxygens (including phenoxy) is 1. The van der Waals surface area contributed by atoms with Crippen LogP contribution in [0.15, 0.2) is 6.20 Å². The van der Waals surface area contributed by atoms with Crippen LogP contribution in [0.5, 0.6) is 0 Å². The second-order valence-corrected chi connectivity index (χ2v) is 4.08. The molecule has 1 aliphatic heterocycles. The van der Waals surface area contributed by atoms with Gasteiger partial charge in [-0.3, -0.25) is 5.10 Å². The van der Waals surface area contributed by atoms with Crippen molar-refractivity contribution in [3.05, 3.63) is 17.7 Å². The zero-order valence-electron chi connectivity index (χ0n) is 9.09. The Morgan fingerprint density at radius 3 is 3.00 bits per heavy atom. The zero-order valence-corrected chi connectivity index (χ0v) is 9.09. The first-order chi connectivity index (χ1) is 8.25. The highest BCUT2D eigenvalue weighted by atomic mass is 16.5. The lowest BCUT2D eigenvalue weighted by Gasteiger charge is -2.19. The molecule has 0 spiro atoms. The number of carboxylic acid groups (broad SMARTS) is 1. The number of nitrogens with one attached hydrogen (secondary N) is 1. The third kappa shape index (κ3) is 1.68. The fourth-order valence-electron chi connectivity index (χ4n) is 2.08. The highest BCUT2D eigenvalue weighted by Crippen LogP contribution is 2.24. The zero-order chi connectivity index (χ0) is 11.8. The van der Waals surface area contributed by atoms with Gasteiger partial charge in [0.2, 0.25) is 0 Å². The summed E-state index contributed by atoms with van der Waals surface area (Å²) in [4.78, 5) is 19.2. The Bertz CT molecular complexity index is 553. The highest BCUT2D eigenvalue weighted by Gasteiger charge is 2.21. The lowest BCUT2D eigenvalue weighted by atomic mass is 10.00. The van der Waals surface area contributed by atoms with Gasteiger partial charge in [-0.05, 0) is 12.8 Å². The van der Waals surface area contributed by atoms with Crippen LogP contribution in [0.3, 0.4) is 0 Å². The van der Waals surface area contributed by atoms with Crippen molar-refractivity contribution in [2.75, 3.05) is 13.2 Å². The minimum atomic E-state index is -1.01. The van der Waals surface area contributed by atoms with E-state index in [1.165, 1.54) is 10.7 Å². The lowest BCUT2D eigenvalue weighted by Crippen LogP contribution is -2.15. The van der Waals surface area contributed by atoms with E-state index in [1.807, 2.05) is 0 Å². The maximum absolute atomic E-state index is 10.9. The average molecular weight is 236 g/mol. The highest BCUT2D eigenvalue weighted by molar-refractivity contribution is 5.86. The van der Waals surface area contributed by atoms with Gasteiger partial charge in [0.05, 0.1) is 6.20 Å². The van der Waals surface area contributed by atoms with Crippen LogP contribution in [-0.4, -0.2) is 43.9 Å². The van der Waals surface area contributed by atoms with Crippen molar-refractivity contribution in [1.82, 2.24) is 19.6 Å². The summed E-state index contributed by atoms with van der Waals surface area (Å²) in [6.45, 7) is 1.44. The fraction of sp³-hybridized carbons (Fsp3) is 0.500. The number of aromatic carboxylic acids is 1. The molecule has 2 N–H and O–H groups in total. The fourth-order valence-corrected chi connectivity index (χ4v) is 2.08. The summed E-state index contributed by atoms with van der Waals surface area (Å²) < 4.78 is 6.69. The van der Waals surface area contributed by atoms with Crippen LogP contribution < -0.4 is 0 Å². The Morgan fingerprint density at radius 1 is 1.53 bits per heavy atom. The molecule has 1 aliphatic rings. The van der Waals surface area contributed by atoms with Gasteiger partial charge in [-0.1, -0.05) is 0 Å². The molecule has 7 nitrogen and oxygen atoms in total. The second kappa shape index (κ2) is 3.85. The topological polar surface area (TPSA) is 92.5 Å². The minimum Gasteiger partial charge on any atom is -0.476 e. The standard InChI is InChI=1S/C10H12N4O3/c15-9(16)7-5-11-10-12-8(13-14(7)10)6-1-3-17-4-2-6/h5-6H,1-4H2,(H,15,16)(H,11,12,13). The van der Waals surface area contributed by atoms with E-state index >= 15 is 0 Å². The van der Waals surface area contributed by atoms with Crippen molar-refractivity contribution < 1.29 is 14.6 Å². The van der Waals surface area contributed by atoms with Gasteiger partial charge in [0.1, 0.15) is 5.82 Å².